The molecule has 0 unspecified atom stereocenters. The van der Waals surface area contributed by atoms with E-state index >= 15 is 0 Å². The first-order valence-electron chi connectivity index (χ1n) is 4.90. The van der Waals surface area contributed by atoms with Crippen molar-refractivity contribution in [3.05, 3.63) is 49.5 Å². The van der Waals surface area contributed by atoms with Crippen molar-refractivity contribution in [1.82, 2.24) is 9.71 Å². The number of halogens is 1. The Kier molecular flexibility index (Phi) is 4.00. The van der Waals surface area contributed by atoms with E-state index in [1.54, 1.807) is 0 Å². The normalized spacial score (nSPS) is 11.6. The lowest BCUT2D eigenvalue weighted by Gasteiger charge is -2.04. The van der Waals surface area contributed by atoms with Crippen LogP contribution in [0.25, 0.3) is 0 Å². The molecule has 5 nitrogen and oxygen atoms in total. The molecule has 0 aromatic carbocycles. The van der Waals surface area contributed by atoms with Gasteiger partial charge in [0.2, 0.25) is 15.5 Å². The summed E-state index contributed by atoms with van der Waals surface area (Å²) in [6.07, 6.45) is 2.56. The molecular formula is C10H9BrN2O3S2. The Labute approximate surface area is 116 Å². The van der Waals surface area contributed by atoms with E-state index in [2.05, 4.69) is 25.6 Å². The fraction of sp³-hybridized carbons (Fsp3) is 0.100. The highest BCUT2D eigenvalue weighted by Crippen LogP contribution is 2.22. The number of pyridine rings is 1. The summed E-state index contributed by atoms with van der Waals surface area (Å²) >= 11 is 4.73. The molecule has 18 heavy (non-hydrogen) atoms. The van der Waals surface area contributed by atoms with Gasteiger partial charge in [0.25, 0.3) is 0 Å². The first-order valence-corrected chi connectivity index (χ1v) is 7.99. The van der Waals surface area contributed by atoms with E-state index in [0.717, 1.165) is 8.66 Å². The molecule has 0 saturated carbocycles. The first kappa shape index (κ1) is 13.5. The van der Waals surface area contributed by atoms with Crippen molar-refractivity contribution in [2.45, 2.75) is 11.4 Å². The third-order valence-electron chi connectivity index (χ3n) is 2.14. The summed E-state index contributed by atoms with van der Waals surface area (Å²) in [7, 11) is -3.78. The zero-order valence-electron chi connectivity index (χ0n) is 9.01. The van der Waals surface area contributed by atoms with E-state index in [0.29, 0.717) is 0 Å². The fourth-order valence-electron chi connectivity index (χ4n) is 1.30. The molecule has 0 amide bonds. The van der Waals surface area contributed by atoms with Gasteiger partial charge in [0.1, 0.15) is 4.90 Å². The van der Waals surface area contributed by atoms with E-state index in [1.807, 2.05) is 12.1 Å². The zero-order valence-corrected chi connectivity index (χ0v) is 12.2. The highest BCUT2D eigenvalue weighted by atomic mass is 79.9. The van der Waals surface area contributed by atoms with Crippen LogP contribution in [-0.2, 0) is 16.6 Å². The highest BCUT2D eigenvalue weighted by molar-refractivity contribution is 9.11. The van der Waals surface area contributed by atoms with E-state index in [9.17, 15) is 13.2 Å². The number of thiophene rings is 1. The quantitative estimate of drug-likeness (QED) is 0.882. The van der Waals surface area contributed by atoms with Gasteiger partial charge < -0.3 is 4.98 Å². The van der Waals surface area contributed by atoms with Gasteiger partial charge in [0, 0.05) is 29.9 Å². The maximum atomic E-state index is 11.9. The molecule has 0 saturated heterocycles. The second-order valence-corrected chi connectivity index (χ2v) is 7.69. The SMILES string of the molecule is O=c1cc[nH]cc1S(=O)(=O)NCc1ccc(Br)s1. The largest absolute Gasteiger partial charge is 0.366 e. The predicted molar refractivity (Wildman–Crippen MR) is 73.1 cm³/mol. The van der Waals surface area contributed by atoms with Gasteiger partial charge in [-0.25, -0.2) is 13.1 Å². The summed E-state index contributed by atoms with van der Waals surface area (Å²) < 4.78 is 27.1. The van der Waals surface area contributed by atoms with Gasteiger partial charge in [0.15, 0.2) is 0 Å². The third kappa shape index (κ3) is 3.08. The van der Waals surface area contributed by atoms with Crippen molar-refractivity contribution in [1.29, 1.82) is 0 Å². The summed E-state index contributed by atoms with van der Waals surface area (Å²) in [6, 6.07) is 4.83. The maximum absolute atomic E-state index is 11.9. The Hall–Kier alpha value is -0.960. The number of aromatic nitrogens is 1. The third-order valence-corrected chi connectivity index (χ3v) is 5.19. The van der Waals surface area contributed by atoms with E-state index in [-0.39, 0.29) is 11.4 Å². The van der Waals surface area contributed by atoms with Crippen molar-refractivity contribution < 1.29 is 8.42 Å². The van der Waals surface area contributed by atoms with Gasteiger partial charge >= 0.3 is 0 Å². The fourth-order valence-corrected chi connectivity index (χ4v) is 3.87. The van der Waals surface area contributed by atoms with Crippen LogP contribution in [0.4, 0.5) is 0 Å². The maximum Gasteiger partial charge on any atom is 0.246 e. The second kappa shape index (κ2) is 5.35. The first-order chi connectivity index (χ1) is 8.49. The van der Waals surface area contributed by atoms with E-state index < -0.39 is 15.5 Å². The minimum atomic E-state index is -3.78. The second-order valence-electron chi connectivity index (χ2n) is 3.40. The minimum absolute atomic E-state index is 0.160. The van der Waals surface area contributed by atoms with Gasteiger partial charge in [-0.2, -0.15) is 0 Å². The molecule has 2 rings (SSSR count). The molecule has 2 heterocycles. The van der Waals surface area contributed by atoms with Crippen molar-refractivity contribution in [3.8, 4) is 0 Å². The summed E-state index contributed by atoms with van der Waals surface area (Å²) in [5, 5.41) is 0. The monoisotopic (exact) mass is 348 g/mol. The number of hydrogen-bond acceptors (Lipinski definition) is 4. The Morgan fingerprint density at radius 3 is 2.72 bits per heavy atom. The van der Waals surface area contributed by atoms with Crippen LogP contribution < -0.4 is 10.2 Å². The lowest BCUT2D eigenvalue weighted by molar-refractivity contribution is 0.580. The number of rotatable bonds is 4. The topological polar surface area (TPSA) is 79.0 Å². The molecule has 2 aromatic heterocycles. The van der Waals surface area contributed by atoms with Crippen LogP contribution in [0.2, 0.25) is 0 Å². The summed E-state index contributed by atoms with van der Waals surface area (Å²) in [6.45, 7) is 0.160. The van der Waals surface area contributed by atoms with Crippen molar-refractivity contribution in [3.63, 3.8) is 0 Å². The van der Waals surface area contributed by atoms with Gasteiger partial charge in [-0.3, -0.25) is 4.79 Å². The number of aromatic amines is 1. The van der Waals surface area contributed by atoms with Crippen LogP contribution in [0, 0.1) is 0 Å². The van der Waals surface area contributed by atoms with Crippen LogP contribution in [-0.4, -0.2) is 13.4 Å². The number of hydrogen-bond donors (Lipinski definition) is 2. The van der Waals surface area contributed by atoms with Crippen LogP contribution in [0.1, 0.15) is 4.88 Å². The Balaban J connectivity index is 2.18. The lowest BCUT2D eigenvalue weighted by atomic mass is 10.5. The molecule has 0 radical (unpaired) electrons. The molecule has 0 aliphatic carbocycles. The van der Waals surface area contributed by atoms with Crippen molar-refractivity contribution in [2.75, 3.05) is 0 Å². The molecule has 0 spiro atoms. The van der Waals surface area contributed by atoms with Crippen LogP contribution in [0.5, 0.6) is 0 Å². The molecule has 0 fully saturated rings. The summed E-state index contributed by atoms with van der Waals surface area (Å²) in [4.78, 5) is 14.6. The van der Waals surface area contributed by atoms with Crippen LogP contribution in [0.3, 0.4) is 0 Å². The Bertz CT molecular complexity index is 706. The number of H-pyrrole nitrogens is 1. The minimum Gasteiger partial charge on any atom is -0.366 e. The van der Waals surface area contributed by atoms with Gasteiger partial charge in [0.05, 0.1) is 3.79 Å². The summed E-state index contributed by atoms with van der Waals surface area (Å²) in [5.74, 6) is 0. The number of nitrogens with one attached hydrogen (secondary N) is 2. The molecule has 2 aromatic rings. The highest BCUT2D eigenvalue weighted by Gasteiger charge is 2.17. The predicted octanol–water partition coefficient (Wildman–Crippen LogP) is 1.68. The molecule has 0 aliphatic heterocycles. The molecule has 0 aliphatic rings. The van der Waals surface area contributed by atoms with Crippen LogP contribution >= 0.6 is 27.3 Å². The molecule has 0 atom stereocenters. The molecule has 0 bridgehead atoms. The van der Waals surface area contributed by atoms with Crippen molar-refractivity contribution in [2.24, 2.45) is 0 Å². The molecule has 96 valence electrons. The van der Waals surface area contributed by atoms with Gasteiger partial charge in [-0.15, -0.1) is 11.3 Å². The molecule has 8 heteroatoms. The summed E-state index contributed by atoms with van der Waals surface area (Å²) in [5.41, 5.74) is -0.534. The standard InChI is InChI=1S/C10H9BrN2O3S2/c11-10-2-1-7(17-10)5-13-18(15,16)9-6-12-4-3-8(9)14/h1-4,6,13H,5H2,(H,12,14). The van der Waals surface area contributed by atoms with Gasteiger partial charge in [-0.1, -0.05) is 0 Å². The van der Waals surface area contributed by atoms with Crippen LogP contribution in [0.15, 0.2) is 44.1 Å². The van der Waals surface area contributed by atoms with E-state index in [4.69, 9.17) is 0 Å². The average molecular weight is 349 g/mol. The molecule has 2 N–H and O–H groups in total. The van der Waals surface area contributed by atoms with Gasteiger partial charge in [-0.05, 0) is 28.1 Å². The smallest absolute Gasteiger partial charge is 0.246 e. The van der Waals surface area contributed by atoms with Crippen molar-refractivity contribution >= 4 is 37.3 Å². The number of sulfonamides is 1. The lowest BCUT2D eigenvalue weighted by Crippen LogP contribution is -2.27. The Morgan fingerprint density at radius 1 is 1.33 bits per heavy atom. The Morgan fingerprint density at radius 2 is 2.11 bits per heavy atom. The van der Waals surface area contributed by atoms with E-state index in [1.165, 1.54) is 29.8 Å². The zero-order chi connectivity index (χ0) is 13.2. The molecular weight excluding hydrogens is 340 g/mol. The average Bonchev–Trinajstić information content (AvgIpc) is 2.73.